The largest absolute Gasteiger partial charge is 0.391 e. The lowest BCUT2D eigenvalue weighted by Crippen LogP contribution is -2.39. The van der Waals surface area contributed by atoms with Gasteiger partial charge in [-0.05, 0) is 41.0 Å². The van der Waals surface area contributed by atoms with Gasteiger partial charge in [0.1, 0.15) is 0 Å². The molecule has 1 aromatic heterocycles. The number of rotatable bonds is 5. The maximum atomic E-state index is 11.8. The monoisotopic (exact) mass is 288 g/mol. The molecule has 1 atom stereocenters. The first-order valence-electron chi connectivity index (χ1n) is 7.37. The van der Waals surface area contributed by atoms with Crippen LogP contribution >= 0.6 is 0 Å². The van der Waals surface area contributed by atoms with Crippen molar-refractivity contribution in [2.24, 2.45) is 5.41 Å². The molecule has 3 N–H and O–H groups in total. The first kappa shape index (κ1) is 15.6. The van der Waals surface area contributed by atoms with Crippen molar-refractivity contribution >= 4 is 16.8 Å². The summed E-state index contributed by atoms with van der Waals surface area (Å²) in [6.45, 7) is 6.17. The average molecular weight is 288 g/mol. The second kappa shape index (κ2) is 6.31. The van der Waals surface area contributed by atoms with E-state index in [0.29, 0.717) is 19.4 Å². The summed E-state index contributed by atoms with van der Waals surface area (Å²) in [4.78, 5) is 15.0. The van der Waals surface area contributed by atoms with E-state index in [4.69, 9.17) is 0 Å². The molecule has 21 heavy (non-hydrogen) atoms. The van der Waals surface area contributed by atoms with E-state index in [0.717, 1.165) is 16.5 Å². The topological polar surface area (TPSA) is 65.1 Å². The van der Waals surface area contributed by atoms with Crippen LogP contribution in [0, 0.1) is 5.41 Å². The first-order chi connectivity index (χ1) is 9.86. The number of aryl methyl sites for hydroxylation is 1. The summed E-state index contributed by atoms with van der Waals surface area (Å²) in [5.74, 6) is -0.0209. The number of aliphatic hydroxyl groups is 1. The Labute approximate surface area is 125 Å². The Hall–Kier alpha value is -1.81. The van der Waals surface area contributed by atoms with Crippen molar-refractivity contribution < 1.29 is 9.90 Å². The predicted molar refractivity (Wildman–Crippen MR) is 85.1 cm³/mol. The Morgan fingerprint density at radius 1 is 1.33 bits per heavy atom. The molecule has 0 aliphatic rings. The van der Waals surface area contributed by atoms with Crippen LogP contribution in [0.15, 0.2) is 30.5 Å². The van der Waals surface area contributed by atoms with Crippen LogP contribution in [-0.4, -0.2) is 28.6 Å². The molecule has 0 saturated carbocycles. The number of benzene rings is 1. The minimum Gasteiger partial charge on any atom is -0.391 e. The maximum Gasteiger partial charge on any atom is 0.220 e. The van der Waals surface area contributed by atoms with Gasteiger partial charge in [-0.15, -0.1) is 0 Å². The van der Waals surface area contributed by atoms with Crippen molar-refractivity contribution in [2.75, 3.05) is 6.54 Å². The van der Waals surface area contributed by atoms with Crippen LogP contribution in [0.4, 0.5) is 0 Å². The minimum atomic E-state index is -0.530. The van der Waals surface area contributed by atoms with Gasteiger partial charge in [-0.25, -0.2) is 0 Å². The molecule has 4 heteroatoms. The van der Waals surface area contributed by atoms with Gasteiger partial charge in [0, 0.05) is 24.7 Å². The summed E-state index contributed by atoms with van der Waals surface area (Å²) in [7, 11) is 0. The molecule has 114 valence electrons. The second-order valence-corrected chi connectivity index (χ2v) is 6.59. The highest BCUT2D eigenvalue weighted by atomic mass is 16.3. The van der Waals surface area contributed by atoms with Gasteiger partial charge in [0.05, 0.1) is 6.10 Å². The number of aromatic nitrogens is 1. The highest BCUT2D eigenvalue weighted by molar-refractivity contribution is 5.80. The molecule has 1 aromatic carbocycles. The number of aliphatic hydroxyl groups excluding tert-OH is 1. The smallest absolute Gasteiger partial charge is 0.220 e. The third-order valence-corrected chi connectivity index (χ3v) is 3.75. The SMILES string of the molecule is CC(C)(C)C(O)CNC(=O)CCc1ccc2[nH]ccc2c1. The number of amides is 1. The molecular weight excluding hydrogens is 264 g/mol. The van der Waals surface area contributed by atoms with Gasteiger partial charge in [-0.3, -0.25) is 4.79 Å². The predicted octanol–water partition coefficient (Wildman–Crippen LogP) is 2.62. The average Bonchev–Trinajstić information content (AvgIpc) is 2.88. The highest BCUT2D eigenvalue weighted by Gasteiger charge is 2.22. The molecule has 4 nitrogen and oxygen atoms in total. The molecular formula is C17H24N2O2. The van der Waals surface area contributed by atoms with E-state index in [-0.39, 0.29) is 11.3 Å². The Morgan fingerprint density at radius 3 is 2.81 bits per heavy atom. The van der Waals surface area contributed by atoms with Crippen LogP contribution in [0.25, 0.3) is 10.9 Å². The quantitative estimate of drug-likeness (QED) is 0.792. The number of H-pyrrole nitrogens is 1. The Kier molecular flexibility index (Phi) is 4.68. The summed E-state index contributed by atoms with van der Waals surface area (Å²) >= 11 is 0. The zero-order valence-electron chi connectivity index (χ0n) is 12.9. The van der Waals surface area contributed by atoms with Crippen molar-refractivity contribution in [1.82, 2.24) is 10.3 Å². The van der Waals surface area contributed by atoms with Crippen molar-refractivity contribution in [3.8, 4) is 0 Å². The van der Waals surface area contributed by atoms with Crippen molar-refractivity contribution in [3.63, 3.8) is 0 Å². The van der Waals surface area contributed by atoms with E-state index in [1.165, 1.54) is 0 Å². The summed E-state index contributed by atoms with van der Waals surface area (Å²) in [6, 6.07) is 8.20. The van der Waals surface area contributed by atoms with Crippen LogP contribution in [0.5, 0.6) is 0 Å². The molecule has 0 radical (unpaired) electrons. The van der Waals surface area contributed by atoms with Crippen molar-refractivity contribution in [1.29, 1.82) is 0 Å². The van der Waals surface area contributed by atoms with Crippen molar-refractivity contribution in [3.05, 3.63) is 36.0 Å². The molecule has 0 spiro atoms. The number of carbonyl (C=O) groups is 1. The number of nitrogens with one attached hydrogen (secondary N) is 2. The Bertz CT molecular complexity index is 611. The van der Waals surface area contributed by atoms with E-state index < -0.39 is 6.10 Å². The normalized spacial score (nSPS) is 13.3. The third kappa shape index (κ3) is 4.33. The van der Waals surface area contributed by atoms with Crippen LogP contribution in [0.1, 0.15) is 32.8 Å². The number of fused-ring (bicyclic) bond motifs is 1. The van der Waals surface area contributed by atoms with Gasteiger partial charge < -0.3 is 15.4 Å². The van der Waals surface area contributed by atoms with E-state index in [1.807, 2.05) is 45.2 Å². The molecule has 1 unspecified atom stereocenters. The molecule has 2 rings (SSSR count). The molecule has 1 amide bonds. The zero-order chi connectivity index (χ0) is 15.5. The third-order valence-electron chi connectivity index (χ3n) is 3.75. The fourth-order valence-electron chi connectivity index (χ4n) is 2.12. The van der Waals surface area contributed by atoms with Gasteiger partial charge in [0.2, 0.25) is 5.91 Å². The molecule has 0 aliphatic carbocycles. The zero-order valence-corrected chi connectivity index (χ0v) is 12.9. The maximum absolute atomic E-state index is 11.8. The molecule has 0 saturated heterocycles. The Balaban J connectivity index is 1.81. The summed E-state index contributed by atoms with van der Waals surface area (Å²) in [6.07, 6.45) is 2.53. The van der Waals surface area contributed by atoms with Crippen LogP contribution in [-0.2, 0) is 11.2 Å². The van der Waals surface area contributed by atoms with E-state index >= 15 is 0 Å². The lowest BCUT2D eigenvalue weighted by Gasteiger charge is -2.25. The number of hydrogen-bond donors (Lipinski definition) is 3. The lowest BCUT2D eigenvalue weighted by molar-refractivity contribution is -0.121. The first-order valence-corrected chi connectivity index (χ1v) is 7.37. The summed E-state index contributed by atoms with van der Waals surface area (Å²) < 4.78 is 0. The number of hydrogen-bond acceptors (Lipinski definition) is 2. The van der Waals surface area contributed by atoms with Crippen LogP contribution in [0.2, 0.25) is 0 Å². The van der Waals surface area contributed by atoms with Crippen LogP contribution in [0.3, 0.4) is 0 Å². The van der Waals surface area contributed by atoms with E-state index in [9.17, 15) is 9.90 Å². The summed E-state index contributed by atoms with van der Waals surface area (Å²) in [5.41, 5.74) is 2.04. The van der Waals surface area contributed by atoms with Gasteiger partial charge >= 0.3 is 0 Å². The van der Waals surface area contributed by atoms with E-state index in [1.54, 1.807) is 0 Å². The second-order valence-electron chi connectivity index (χ2n) is 6.59. The van der Waals surface area contributed by atoms with Gasteiger partial charge in [0.15, 0.2) is 0 Å². The molecule has 1 heterocycles. The minimum absolute atomic E-state index is 0.0209. The Morgan fingerprint density at radius 2 is 2.10 bits per heavy atom. The lowest BCUT2D eigenvalue weighted by atomic mass is 9.89. The summed E-state index contributed by atoms with van der Waals surface area (Å²) in [5, 5.41) is 13.9. The molecule has 0 fully saturated rings. The van der Waals surface area contributed by atoms with Crippen LogP contribution < -0.4 is 5.32 Å². The fraction of sp³-hybridized carbons (Fsp3) is 0.471. The standard InChI is InChI=1S/C17H24N2O2/c1-17(2,3)15(20)11-19-16(21)7-5-12-4-6-14-13(10-12)8-9-18-14/h4,6,8-10,15,18,20H,5,7,11H2,1-3H3,(H,19,21). The number of aromatic amines is 1. The molecule has 0 aliphatic heterocycles. The van der Waals surface area contributed by atoms with Gasteiger partial charge in [-0.2, -0.15) is 0 Å². The van der Waals surface area contributed by atoms with Gasteiger partial charge in [-0.1, -0.05) is 26.8 Å². The molecule has 0 bridgehead atoms. The number of carbonyl (C=O) groups excluding carboxylic acids is 1. The fourth-order valence-corrected chi connectivity index (χ4v) is 2.12. The van der Waals surface area contributed by atoms with Crippen molar-refractivity contribution in [2.45, 2.75) is 39.7 Å². The molecule has 2 aromatic rings. The van der Waals surface area contributed by atoms with Gasteiger partial charge in [0.25, 0.3) is 0 Å². The van der Waals surface area contributed by atoms with E-state index in [2.05, 4.69) is 16.4 Å². The highest BCUT2D eigenvalue weighted by Crippen LogP contribution is 2.18.